The molecule has 6 nitrogen and oxygen atoms in total. The van der Waals surface area contributed by atoms with Crippen LogP contribution in [0.1, 0.15) is 28.6 Å². The van der Waals surface area contributed by atoms with Crippen molar-refractivity contribution in [1.82, 2.24) is 10.1 Å². The lowest BCUT2D eigenvalue weighted by molar-refractivity contribution is 0.0600. The zero-order valence-electron chi connectivity index (χ0n) is 14.4. The largest absolute Gasteiger partial charge is 0.465 e. The lowest BCUT2D eigenvalue weighted by Crippen LogP contribution is -2.51. The molecule has 128 valence electrons. The summed E-state index contributed by atoms with van der Waals surface area (Å²) in [5, 5.41) is 3.85. The maximum absolute atomic E-state index is 11.5. The molecule has 0 unspecified atom stereocenters. The lowest BCUT2D eigenvalue weighted by Gasteiger charge is -2.41. The summed E-state index contributed by atoms with van der Waals surface area (Å²) in [4.78, 5) is 16.3. The zero-order valence-corrected chi connectivity index (χ0v) is 14.4. The van der Waals surface area contributed by atoms with E-state index in [9.17, 15) is 4.79 Å². The second kappa shape index (κ2) is 7.05. The second-order valence-electron chi connectivity index (χ2n) is 6.21. The Morgan fingerprint density at radius 3 is 2.67 bits per heavy atom. The van der Waals surface area contributed by atoms with E-state index in [0.29, 0.717) is 11.6 Å². The van der Waals surface area contributed by atoms with E-state index in [4.69, 9.17) is 9.26 Å². The number of aromatic nitrogens is 1. The first-order chi connectivity index (χ1) is 11.6. The highest BCUT2D eigenvalue weighted by molar-refractivity contribution is 5.89. The smallest absolute Gasteiger partial charge is 0.337 e. The van der Waals surface area contributed by atoms with Crippen LogP contribution in [0.4, 0.5) is 5.69 Å². The summed E-state index contributed by atoms with van der Waals surface area (Å²) in [5.74, 6) is 0.590. The maximum Gasteiger partial charge on any atom is 0.337 e. The number of nitrogens with zero attached hydrogens (tertiary/aromatic N) is 3. The molecule has 24 heavy (non-hydrogen) atoms. The number of piperazine rings is 1. The number of hydrogen-bond donors (Lipinski definition) is 0. The maximum atomic E-state index is 11.5. The first-order valence-corrected chi connectivity index (χ1v) is 8.16. The highest BCUT2D eigenvalue weighted by Crippen LogP contribution is 2.22. The van der Waals surface area contributed by atoms with E-state index in [1.165, 1.54) is 7.11 Å². The van der Waals surface area contributed by atoms with Crippen molar-refractivity contribution < 1.29 is 14.1 Å². The average molecular weight is 329 g/mol. The first kappa shape index (κ1) is 16.5. The van der Waals surface area contributed by atoms with Crippen LogP contribution in [0.3, 0.4) is 0 Å². The van der Waals surface area contributed by atoms with Crippen LogP contribution in [-0.4, -0.2) is 48.8 Å². The molecule has 1 aliphatic rings. The van der Waals surface area contributed by atoms with Gasteiger partial charge in [0.25, 0.3) is 0 Å². The van der Waals surface area contributed by atoms with E-state index >= 15 is 0 Å². The number of methoxy groups -OCH3 is 1. The van der Waals surface area contributed by atoms with Crippen molar-refractivity contribution in [2.45, 2.75) is 26.4 Å². The van der Waals surface area contributed by atoms with Crippen LogP contribution in [0.25, 0.3) is 0 Å². The van der Waals surface area contributed by atoms with E-state index in [0.717, 1.165) is 43.2 Å². The van der Waals surface area contributed by atoms with E-state index in [-0.39, 0.29) is 5.97 Å². The van der Waals surface area contributed by atoms with Gasteiger partial charge in [-0.15, -0.1) is 0 Å². The van der Waals surface area contributed by atoms with E-state index in [1.54, 1.807) is 6.20 Å². The lowest BCUT2D eigenvalue weighted by atomic mass is 10.1. The molecule has 0 radical (unpaired) electrons. The minimum atomic E-state index is -0.302. The van der Waals surface area contributed by atoms with Gasteiger partial charge in [0.05, 0.1) is 18.9 Å². The van der Waals surface area contributed by atoms with E-state index < -0.39 is 0 Å². The Kier molecular flexibility index (Phi) is 4.85. The van der Waals surface area contributed by atoms with Gasteiger partial charge in [0.15, 0.2) is 0 Å². The van der Waals surface area contributed by atoms with Crippen LogP contribution in [0, 0.1) is 6.92 Å². The Morgan fingerprint density at radius 1 is 1.33 bits per heavy atom. The van der Waals surface area contributed by atoms with Crippen LogP contribution in [0.5, 0.6) is 0 Å². The fourth-order valence-electron chi connectivity index (χ4n) is 3.08. The molecule has 2 heterocycles. The Morgan fingerprint density at radius 2 is 2.08 bits per heavy atom. The molecule has 6 heteroatoms. The van der Waals surface area contributed by atoms with Crippen molar-refractivity contribution in [3.8, 4) is 0 Å². The molecule has 1 atom stereocenters. The fourth-order valence-corrected chi connectivity index (χ4v) is 3.08. The molecule has 1 fully saturated rings. The van der Waals surface area contributed by atoms with Crippen LogP contribution in [-0.2, 0) is 11.3 Å². The molecule has 0 aliphatic carbocycles. The molecule has 1 saturated heterocycles. The monoisotopic (exact) mass is 329 g/mol. The van der Waals surface area contributed by atoms with Gasteiger partial charge in [-0.2, -0.15) is 0 Å². The molecule has 2 aromatic rings. The quantitative estimate of drug-likeness (QED) is 0.803. The topological polar surface area (TPSA) is 58.8 Å². The third-order valence-electron chi connectivity index (χ3n) is 4.64. The van der Waals surface area contributed by atoms with E-state index in [1.807, 2.05) is 31.2 Å². The Labute approximate surface area is 142 Å². The SMILES string of the molecule is COC(=O)c1ccc(N2CCN(Cc3cnoc3C)[C@H](C)C2)cc1. The van der Waals surface area contributed by atoms with Gasteiger partial charge in [0.2, 0.25) is 0 Å². The molecule has 1 aliphatic heterocycles. The number of carbonyl (C=O) groups excluding carboxylic acids is 1. The van der Waals surface area contributed by atoms with Crippen LogP contribution < -0.4 is 4.90 Å². The average Bonchev–Trinajstić information content (AvgIpc) is 3.01. The van der Waals surface area contributed by atoms with Gasteiger partial charge in [-0.05, 0) is 38.1 Å². The van der Waals surface area contributed by atoms with E-state index in [2.05, 4.69) is 21.9 Å². The zero-order chi connectivity index (χ0) is 17.1. The summed E-state index contributed by atoms with van der Waals surface area (Å²) in [6.07, 6.45) is 1.81. The van der Waals surface area contributed by atoms with Gasteiger partial charge in [-0.1, -0.05) is 5.16 Å². The van der Waals surface area contributed by atoms with Crippen molar-refractivity contribution in [3.63, 3.8) is 0 Å². The highest BCUT2D eigenvalue weighted by atomic mass is 16.5. The van der Waals surface area contributed by atoms with Gasteiger partial charge in [-0.25, -0.2) is 4.79 Å². The number of carbonyl (C=O) groups is 1. The predicted molar refractivity (Wildman–Crippen MR) is 91.1 cm³/mol. The number of ether oxygens (including phenoxy) is 1. The predicted octanol–water partition coefficient (Wildman–Crippen LogP) is 2.48. The highest BCUT2D eigenvalue weighted by Gasteiger charge is 2.25. The summed E-state index contributed by atoms with van der Waals surface area (Å²) in [6, 6.07) is 8.03. The first-order valence-electron chi connectivity index (χ1n) is 8.16. The fraction of sp³-hybridized carbons (Fsp3) is 0.444. The molecule has 1 aromatic carbocycles. The molecule has 0 amide bonds. The van der Waals surface area contributed by atoms with Gasteiger partial charge in [-0.3, -0.25) is 4.90 Å². The normalized spacial score (nSPS) is 18.6. The van der Waals surface area contributed by atoms with Crippen LogP contribution in [0.15, 0.2) is 35.0 Å². The number of esters is 1. The molecule has 0 bridgehead atoms. The molecule has 0 N–H and O–H groups in total. The van der Waals surface area contributed by atoms with Gasteiger partial charge < -0.3 is 14.2 Å². The minimum absolute atomic E-state index is 0.302. The Hall–Kier alpha value is -2.34. The van der Waals surface area contributed by atoms with Gasteiger partial charge in [0, 0.05) is 43.5 Å². The van der Waals surface area contributed by atoms with Gasteiger partial charge >= 0.3 is 5.97 Å². The summed E-state index contributed by atoms with van der Waals surface area (Å²) in [7, 11) is 1.40. The number of hydrogen-bond acceptors (Lipinski definition) is 6. The summed E-state index contributed by atoms with van der Waals surface area (Å²) in [5.41, 5.74) is 2.86. The molecule has 0 saturated carbocycles. The Bertz CT molecular complexity index is 696. The van der Waals surface area contributed by atoms with Crippen molar-refractivity contribution in [3.05, 3.63) is 47.3 Å². The van der Waals surface area contributed by atoms with Crippen molar-refractivity contribution in [1.29, 1.82) is 0 Å². The minimum Gasteiger partial charge on any atom is -0.465 e. The van der Waals surface area contributed by atoms with Crippen molar-refractivity contribution in [2.75, 3.05) is 31.6 Å². The summed E-state index contributed by atoms with van der Waals surface area (Å²) in [6.45, 7) is 7.92. The van der Waals surface area contributed by atoms with Gasteiger partial charge in [0.1, 0.15) is 5.76 Å². The molecule has 0 spiro atoms. The summed E-state index contributed by atoms with van der Waals surface area (Å²) >= 11 is 0. The standard InChI is InChI=1S/C18H23N3O3/c1-13-11-21(17-6-4-15(5-7-17)18(22)23-3)9-8-20(13)12-16-10-19-24-14(16)2/h4-7,10,13H,8-9,11-12H2,1-3H3/t13-/m1/s1. The number of benzene rings is 1. The van der Waals surface area contributed by atoms with Crippen LogP contribution in [0.2, 0.25) is 0 Å². The van der Waals surface area contributed by atoms with Crippen molar-refractivity contribution >= 4 is 11.7 Å². The summed E-state index contributed by atoms with van der Waals surface area (Å²) < 4.78 is 9.89. The third kappa shape index (κ3) is 3.43. The third-order valence-corrected chi connectivity index (χ3v) is 4.64. The molecular weight excluding hydrogens is 306 g/mol. The number of rotatable bonds is 4. The molecule has 1 aromatic heterocycles. The second-order valence-corrected chi connectivity index (χ2v) is 6.21. The number of anilines is 1. The van der Waals surface area contributed by atoms with Crippen molar-refractivity contribution in [2.24, 2.45) is 0 Å². The Balaban J connectivity index is 1.62. The molecular formula is C18H23N3O3. The van der Waals surface area contributed by atoms with Crippen LogP contribution >= 0.6 is 0 Å². The number of aryl methyl sites for hydroxylation is 1. The molecule has 3 rings (SSSR count).